The number of nitriles is 1. The van der Waals surface area contributed by atoms with Crippen LogP contribution in [0.25, 0.3) is 0 Å². The first-order chi connectivity index (χ1) is 7.85. The van der Waals surface area contributed by atoms with Gasteiger partial charge in [0.25, 0.3) is 0 Å². The minimum absolute atomic E-state index is 0.0509. The molecule has 0 aliphatic carbocycles. The second-order valence-electron chi connectivity index (χ2n) is 4.82. The summed E-state index contributed by atoms with van der Waals surface area (Å²) in [5.41, 5.74) is 0.214. The fourth-order valence-electron chi connectivity index (χ4n) is 1.37. The number of rotatable bonds is 5. The highest BCUT2D eigenvalue weighted by Gasteiger charge is 2.21. The smallest absolute Gasteiger partial charge is 0.154 e. The van der Waals surface area contributed by atoms with Crippen LogP contribution in [0.5, 0.6) is 0 Å². The van der Waals surface area contributed by atoms with Crippen LogP contribution in [-0.4, -0.2) is 14.2 Å². The highest BCUT2D eigenvalue weighted by Crippen LogP contribution is 2.20. The molecule has 0 aliphatic rings. The summed E-state index contributed by atoms with van der Waals surface area (Å²) < 4.78 is 23.7. The molecular formula is C13H17NO2S. The van der Waals surface area contributed by atoms with Gasteiger partial charge in [0.1, 0.15) is 0 Å². The molecule has 92 valence electrons. The Labute approximate surface area is 103 Å². The van der Waals surface area contributed by atoms with Gasteiger partial charge in [-0.15, -0.1) is 0 Å². The van der Waals surface area contributed by atoms with Crippen LogP contribution in [0.3, 0.4) is 0 Å². The SMILES string of the molecule is CC(C)(C#N)CCS(=O)(=O)Cc1ccccc1. The molecule has 0 radical (unpaired) electrons. The van der Waals surface area contributed by atoms with Crippen molar-refractivity contribution < 1.29 is 8.42 Å². The van der Waals surface area contributed by atoms with Crippen molar-refractivity contribution in [1.82, 2.24) is 0 Å². The van der Waals surface area contributed by atoms with Crippen molar-refractivity contribution in [1.29, 1.82) is 5.26 Å². The highest BCUT2D eigenvalue weighted by atomic mass is 32.2. The maximum atomic E-state index is 11.9. The Bertz CT molecular complexity index is 498. The average molecular weight is 251 g/mol. The molecule has 0 spiro atoms. The lowest BCUT2D eigenvalue weighted by Gasteiger charge is -2.14. The molecule has 1 aromatic carbocycles. The summed E-state index contributed by atoms with van der Waals surface area (Å²) in [6.45, 7) is 3.51. The van der Waals surface area contributed by atoms with E-state index in [1.54, 1.807) is 26.0 Å². The maximum Gasteiger partial charge on any atom is 0.154 e. The highest BCUT2D eigenvalue weighted by molar-refractivity contribution is 7.90. The van der Waals surface area contributed by atoms with E-state index in [1.807, 2.05) is 18.2 Å². The maximum absolute atomic E-state index is 11.9. The zero-order valence-corrected chi connectivity index (χ0v) is 11.0. The summed E-state index contributed by atoms with van der Waals surface area (Å²) >= 11 is 0. The first-order valence-corrected chi connectivity index (χ1v) is 7.32. The van der Waals surface area contributed by atoms with E-state index in [0.29, 0.717) is 6.42 Å². The van der Waals surface area contributed by atoms with E-state index >= 15 is 0 Å². The van der Waals surface area contributed by atoms with E-state index in [2.05, 4.69) is 6.07 Å². The van der Waals surface area contributed by atoms with Gasteiger partial charge in [-0.3, -0.25) is 0 Å². The minimum atomic E-state index is -3.13. The molecule has 3 nitrogen and oxygen atoms in total. The zero-order valence-electron chi connectivity index (χ0n) is 10.2. The Hall–Kier alpha value is -1.34. The predicted molar refractivity (Wildman–Crippen MR) is 67.9 cm³/mol. The van der Waals surface area contributed by atoms with Crippen LogP contribution in [0.15, 0.2) is 30.3 Å². The predicted octanol–water partition coefficient (Wildman–Crippen LogP) is 2.54. The van der Waals surface area contributed by atoms with E-state index in [-0.39, 0.29) is 11.5 Å². The molecule has 0 fully saturated rings. The third-order valence-electron chi connectivity index (χ3n) is 2.57. The summed E-state index contributed by atoms with van der Waals surface area (Å²) in [5, 5.41) is 8.84. The summed E-state index contributed by atoms with van der Waals surface area (Å²) in [5.74, 6) is 0.109. The molecule has 17 heavy (non-hydrogen) atoms. The molecule has 0 unspecified atom stereocenters. The monoisotopic (exact) mass is 251 g/mol. The normalized spacial score (nSPS) is 12.1. The molecule has 0 aromatic heterocycles. The number of sulfone groups is 1. The van der Waals surface area contributed by atoms with E-state index < -0.39 is 15.3 Å². The Morgan fingerprint density at radius 2 is 1.82 bits per heavy atom. The van der Waals surface area contributed by atoms with Gasteiger partial charge in [0.05, 0.1) is 23.0 Å². The fraction of sp³-hybridized carbons (Fsp3) is 0.462. The molecule has 0 heterocycles. The van der Waals surface area contributed by atoms with Crippen LogP contribution >= 0.6 is 0 Å². The zero-order chi connectivity index (χ0) is 12.9. The van der Waals surface area contributed by atoms with Crippen molar-refractivity contribution in [2.24, 2.45) is 5.41 Å². The molecule has 0 amide bonds. The lowest BCUT2D eigenvalue weighted by Crippen LogP contribution is -2.17. The molecule has 0 saturated carbocycles. The van der Waals surface area contributed by atoms with Crippen LogP contribution in [0.4, 0.5) is 0 Å². The third-order valence-corrected chi connectivity index (χ3v) is 4.17. The van der Waals surface area contributed by atoms with Gasteiger partial charge in [-0.1, -0.05) is 30.3 Å². The van der Waals surface area contributed by atoms with Gasteiger partial charge in [0.15, 0.2) is 9.84 Å². The molecule has 0 saturated heterocycles. The summed E-state index contributed by atoms with van der Waals surface area (Å²) in [4.78, 5) is 0. The third kappa shape index (κ3) is 5.01. The van der Waals surface area contributed by atoms with Crippen molar-refractivity contribution in [3.8, 4) is 6.07 Å². The molecular weight excluding hydrogens is 234 g/mol. The Balaban J connectivity index is 2.63. The van der Waals surface area contributed by atoms with E-state index in [9.17, 15) is 8.42 Å². The van der Waals surface area contributed by atoms with Crippen LogP contribution < -0.4 is 0 Å². The molecule has 0 bridgehead atoms. The van der Waals surface area contributed by atoms with E-state index in [4.69, 9.17) is 5.26 Å². The Kier molecular flexibility index (Phi) is 4.30. The van der Waals surface area contributed by atoms with E-state index in [0.717, 1.165) is 5.56 Å². The summed E-state index contributed by atoms with van der Waals surface area (Å²) in [6, 6.07) is 11.2. The standard InChI is InChI=1S/C13H17NO2S/c1-13(2,11-14)8-9-17(15,16)10-12-6-4-3-5-7-12/h3-7H,8-10H2,1-2H3. The fourth-order valence-corrected chi connectivity index (χ4v) is 3.03. The van der Waals surface area contributed by atoms with Gasteiger partial charge in [0, 0.05) is 0 Å². The van der Waals surface area contributed by atoms with Gasteiger partial charge in [-0.05, 0) is 25.8 Å². The molecule has 0 aliphatic heterocycles. The Morgan fingerprint density at radius 1 is 1.24 bits per heavy atom. The van der Waals surface area contributed by atoms with Gasteiger partial charge in [-0.2, -0.15) is 5.26 Å². The number of hydrogen-bond acceptors (Lipinski definition) is 3. The van der Waals surface area contributed by atoms with Gasteiger partial charge < -0.3 is 0 Å². The Morgan fingerprint density at radius 3 is 2.35 bits per heavy atom. The second kappa shape index (κ2) is 5.33. The van der Waals surface area contributed by atoms with Crippen molar-refractivity contribution in [2.45, 2.75) is 26.0 Å². The molecule has 1 aromatic rings. The molecule has 4 heteroatoms. The number of nitrogens with zero attached hydrogens (tertiary/aromatic N) is 1. The number of hydrogen-bond donors (Lipinski definition) is 0. The van der Waals surface area contributed by atoms with Crippen LogP contribution in [0.1, 0.15) is 25.8 Å². The first-order valence-electron chi connectivity index (χ1n) is 5.50. The van der Waals surface area contributed by atoms with Crippen molar-refractivity contribution in [3.05, 3.63) is 35.9 Å². The van der Waals surface area contributed by atoms with Crippen molar-refractivity contribution in [3.63, 3.8) is 0 Å². The molecule has 0 atom stereocenters. The average Bonchev–Trinajstić information content (AvgIpc) is 2.28. The molecule has 0 N–H and O–H groups in total. The summed E-state index contributed by atoms with van der Waals surface area (Å²) in [6.07, 6.45) is 0.374. The van der Waals surface area contributed by atoms with Gasteiger partial charge in [-0.25, -0.2) is 8.42 Å². The quantitative estimate of drug-likeness (QED) is 0.808. The first kappa shape index (κ1) is 13.7. The minimum Gasteiger partial charge on any atom is -0.228 e. The van der Waals surface area contributed by atoms with E-state index in [1.165, 1.54) is 0 Å². The van der Waals surface area contributed by atoms with Crippen molar-refractivity contribution in [2.75, 3.05) is 5.75 Å². The van der Waals surface area contributed by atoms with Gasteiger partial charge in [0.2, 0.25) is 0 Å². The van der Waals surface area contributed by atoms with Crippen LogP contribution in [0.2, 0.25) is 0 Å². The lowest BCUT2D eigenvalue weighted by molar-refractivity contribution is 0.473. The number of benzene rings is 1. The second-order valence-corrected chi connectivity index (χ2v) is 7.01. The topological polar surface area (TPSA) is 57.9 Å². The lowest BCUT2D eigenvalue weighted by atomic mass is 9.93. The van der Waals surface area contributed by atoms with Crippen molar-refractivity contribution >= 4 is 9.84 Å². The van der Waals surface area contributed by atoms with Gasteiger partial charge >= 0.3 is 0 Å². The van der Waals surface area contributed by atoms with Crippen LogP contribution in [0, 0.1) is 16.7 Å². The summed E-state index contributed by atoms with van der Waals surface area (Å²) in [7, 11) is -3.13. The largest absolute Gasteiger partial charge is 0.228 e. The molecule has 1 rings (SSSR count). The van der Waals surface area contributed by atoms with Crippen LogP contribution in [-0.2, 0) is 15.6 Å².